The molecular weight excluding hydrogens is 270 g/mol. The Morgan fingerprint density at radius 1 is 1.50 bits per heavy atom. The van der Waals surface area contributed by atoms with Gasteiger partial charge in [0.15, 0.2) is 0 Å². The average molecular weight is 284 g/mol. The van der Waals surface area contributed by atoms with Gasteiger partial charge in [0.1, 0.15) is 5.02 Å². The lowest BCUT2D eigenvalue weighted by Crippen LogP contribution is -2.21. The molecule has 1 unspecified atom stereocenters. The SMILES string of the molecule is Cc1ccc(C(C)Nc2cnn(C)c(=O)c2Cl)s1. The molecule has 0 spiro atoms. The van der Waals surface area contributed by atoms with Crippen molar-refractivity contribution >= 4 is 28.6 Å². The lowest BCUT2D eigenvalue weighted by Gasteiger charge is -2.14. The quantitative estimate of drug-likeness (QED) is 0.942. The molecule has 0 amide bonds. The van der Waals surface area contributed by atoms with Crippen molar-refractivity contribution in [2.45, 2.75) is 19.9 Å². The van der Waals surface area contributed by atoms with Crippen LogP contribution in [0.15, 0.2) is 23.1 Å². The zero-order valence-corrected chi connectivity index (χ0v) is 12.0. The second-order valence-electron chi connectivity index (χ2n) is 4.12. The number of rotatable bonds is 3. The molecule has 0 radical (unpaired) electrons. The van der Waals surface area contributed by atoms with Crippen LogP contribution in [0.1, 0.15) is 22.7 Å². The van der Waals surface area contributed by atoms with Crippen LogP contribution in [0.25, 0.3) is 0 Å². The predicted octanol–water partition coefficient (Wildman–Crippen LogP) is 2.98. The number of thiophene rings is 1. The van der Waals surface area contributed by atoms with Gasteiger partial charge in [0.05, 0.1) is 17.9 Å². The molecule has 1 atom stereocenters. The van der Waals surface area contributed by atoms with Gasteiger partial charge in [-0.2, -0.15) is 5.10 Å². The molecule has 0 aromatic carbocycles. The van der Waals surface area contributed by atoms with E-state index < -0.39 is 0 Å². The van der Waals surface area contributed by atoms with E-state index in [2.05, 4.69) is 29.5 Å². The third-order valence-corrected chi connectivity index (χ3v) is 4.19. The Morgan fingerprint density at radius 2 is 2.22 bits per heavy atom. The minimum Gasteiger partial charge on any atom is -0.375 e. The Labute approximate surface area is 114 Å². The number of nitrogens with zero attached hydrogens (tertiary/aromatic N) is 2. The minimum atomic E-state index is -0.295. The minimum absolute atomic E-state index is 0.0927. The second kappa shape index (κ2) is 5.12. The van der Waals surface area contributed by atoms with Crippen molar-refractivity contribution in [3.05, 3.63) is 43.5 Å². The summed E-state index contributed by atoms with van der Waals surface area (Å²) in [5, 5.41) is 7.34. The summed E-state index contributed by atoms with van der Waals surface area (Å²) in [6, 6.07) is 4.23. The van der Waals surface area contributed by atoms with Crippen molar-refractivity contribution in [3.63, 3.8) is 0 Å². The van der Waals surface area contributed by atoms with Gasteiger partial charge in [-0.05, 0) is 26.0 Å². The fourth-order valence-corrected chi connectivity index (χ4v) is 2.71. The standard InChI is InChI=1S/C12H14ClN3OS/c1-7-4-5-10(18-7)8(2)15-9-6-14-16(3)12(17)11(9)13/h4-6,8,15H,1-3H3. The molecule has 0 aliphatic carbocycles. The molecule has 96 valence electrons. The molecule has 2 aromatic rings. The number of anilines is 1. The first kappa shape index (κ1) is 13.1. The van der Waals surface area contributed by atoms with E-state index in [-0.39, 0.29) is 16.6 Å². The van der Waals surface area contributed by atoms with Crippen molar-refractivity contribution in [2.24, 2.45) is 7.05 Å². The molecule has 4 nitrogen and oxygen atoms in total. The number of hydrogen-bond acceptors (Lipinski definition) is 4. The van der Waals surface area contributed by atoms with Crippen LogP contribution in [0, 0.1) is 6.92 Å². The zero-order valence-electron chi connectivity index (χ0n) is 10.4. The summed E-state index contributed by atoms with van der Waals surface area (Å²) in [7, 11) is 1.57. The van der Waals surface area contributed by atoms with E-state index in [9.17, 15) is 4.79 Å². The second-order valence-corrected chi connectivity index (χ2v) is 5.81. The molecule has 2 aromatic heterocycles. The topological polar surface area (TPSA) is 46.9 Å². The average Bonchev–Trinajstić information content (AvgIpc) is 2.77. The Kier molecular flexibility index (Phi) is 3.73. The molecule has 2 heterocycles. The Morgan fingerprint density at radius 3 is 2.83 bits per heavy atom. The van der Waals surface area contributed by atoms with Gasteiger partial charge in [-0.15, -0.1) is 11.3 Å². The van der Waals surface area contributed by atoms with Gasteiger partial charge in [0.25, 0.3) is 5.56 Å². The van der Waals surface area contributed by atoms with Crippen molar-refractivity contribution in [3.8, 4) is 0 Å². The number of hydrogen-bond donors (Lipinski definition) is 1. The first-order valence-electron chi connectivity index (χ1n) is 5.53. The first-order chi connectivity index (χ1) is 8.49. The lowest BCUT2D eigenvalue weighted by molar-refractivity contribution is 0.706. The highest BCUT2D eigenvalue weighted by atomic mass is 35.5. The molecular formula is C12H14ClN3OS. The van der Waals surface area contributed by atoms with Gasteiger partial charge in [-0.1, -0.05) is 11.6 Å². The van der Waals surface area contributed by atoms with Gasteiger partial charge < -0.3 is 5.32 Å². The summed E-state index contributed by atoms with van der Waals surface area (Å²) in [6.45, 7) is 4.09. The molecule has 18 heavy (non-hydrogen) atoms. The largest absolute Gasteiger partial charge is 0.375 e. The molecule has 6 heteroatoms. The van der Waals surface area contributed by atoms with E-state index in [0.29, 0.717) is 5.69 Å². The Bertz CT molecular complexity index is 620. The summed E-state index contributed by atoms with van der Waals surface area (Å²) in [4.78, 5) is 14.1. The smallest absolute Gasteiger partial charge is 0.287 e. The number of aryl methyl sites for hydroxylation is 2. The van der Waals surface area contributed by atoms with Crippen molar-refractivity contribution in [2.75, 3.05) is 5.32 Å². The Balaban J connectivity index is 2.25. The molecule has 2 rings (SSSR count). The molecule has 0 bridgehead atoms. The van der Waals surface area contributed by atoms with Crippen molar-refractivity contribution in [1.29, 1.82) is 0 Å². The van der Waals surface area contributed by atoms with Gasteiger partial charge >= 0.3 is 0 Å². The third-order valence-electron chi connectivity index (χ3n) is 2.64. The maximum absolute atomic E-state index is 11.6. The molecule has 0 fully saturated rings. The van der Waals surface area contributed by atoms with Gasteiger partial charge in [-0.3, -0.25) is 4.79 Å². The molecule has 0 aliphatic heterocycles. The lowest BCUT2D eigenvalue weighted by atomic mass is 10.2. The van der Waals surface area contributed by atoms with E-state index in [1.54, 1.807) is 24.6 Å². The number of aromatic nitrogens is 2. The van der Waals surface area contributed by atoms with E-state index in [0.717, 1.165) is 0 Å². The van der Waals surface area contributed by atoms with Crippen LogP contribution in [-0.4, -0.2) is 9.78 Å². The zero-order chi connectivity index (χ0) is 13.3. The highest BCUT2D eigenvalue weighted by Gasteiger charge is 2.12. The highest BCUT2D eigenvalue weighted by molar-refractivity contribution is 7.12. The van der Waals surface area contributed by atoms with Crippen LogP contribution in [0.3, 0.4) is 0 Å². The highest BCUT2D eigenvalue weighted by Crippen LogP contribution is 2.27. The number of nitrogens with one attached hydrogen (secondary N) is 1. The fourth-order valence-electron chi connectivity index (χ4n) is 1.60. The van der Waals surface area contributed by atoms with E-state index in [4.69, 9.17) is 11.6 Å². The van der Waals surface area contributed by atoms with E-state index >= 15 is 0 Å². The molecule has 0 saturated carbocycles. The van der Waals surface area contributed by atoms with Crippen LogP contribution in [0.2, 0.25) is 5.02 Å². The van der Waals surface area contributed by atoms with E-state index in [1.165, 1.54) is 14.4 Å². The van der Waals surface area contributed by atoms with Crippen LogP contribution in [0.4, 0.5) is 5.69 Å². The van der Waals surface area contributed by atoms with E-state index in [1.807, 2.05) is 6.92 Å². The van der Waals surface area contributed by atoms with Gasteiger partial charge in [-0.25, -0.2) is 4.68 Å². The van der Waals surface area contributed by atoms with Crippen LogP contribution >= 0.6 is 22.9 Å². The first-order valence-corrected chi connectivity index (χ1v) is 6.73. The van der Waals surface area contributed by atoms with Crippen LogP contribution in [-0.2, 0) is 7.05 Å². The maximum Gasteiger partial charge on any atom is 0.287 e. The van der Waals surface area contributed by atoms with Crippen molar-refractivity contribution < 1.29 is 0 Å². The monoisotopic (exact) mass is 283 g/mol. The summed E-state index contributed by atoms with van der Waals surface area (Å²) < 4.78 is 1.22. The fraction of sp³-hybridized carbons (Fsp3) is 0.333. The van der Waals surface area contributed by atoms with Crippen LogP contribution < -0.4 is 10.9 Å². The van der Waals surface area contributed by atoms with Gasteiger partial charge in [0.2, 0.25) is 0 Å². The summed E-state index contributed by atoms with van der Waals surface area (Å²) in [5.41, 5.74) is 0.273. The summed E-state index contributed by atoms with van der Waals surface area (Å²) in [5.74, 6) is 0. The molecule has 0 aliphatic rings. The number of halogens is 1. The molecule has 1 N–H and O–H groups in total. The third kappa shape index (κ3) is 2.57. The predicted molar refractivity (Wildman–Crippen MR) is 75.6 cm³/mol. The Hall–Kier alpha value is -1.33. The van der Waals surface area contributed by atoms with Gasteiger partial charge in [0, 0.05) is 16.8 Å². The maximum atomic E-state index is 11.6. The summed E-state index contributed by atoms with van der Waals surface area (Å²) >= 11 is 7.72. The van der Waals surface area contributed by atoms with Crippen molar-refractivity contribution in [1.82, 2.24) is 9.78 Å². The normalized spacial score (nSPS) is 12.4. The molecule has 0 saturated heterocycles. The summed E-state index contributed by atoms with van der Waals surface area (Å²) in [6.07, 6.45) is 1.57. The van der Waals surface area contributed by atoms with Crippen LogP contribution in [0.5, 0.6) is 0 Å².